The zero-order valence-electron chi connectivity index (χ0n) is 16.9. The van der Waals surface area contributed by atoms with Crippen molar-refractivity contribution in [2.24, 2.45) is 0 Å². The minimum atomic E-state index is -0.578. The summed E-state index contributed by atoms with van der Waals surface area (Å²) >= 11 is 6.18. The molecule has 2 aliphatic heterocycles. The summed E-state index contributed by atoms with van der Waals surface area (Å²) < 4.78 is 25.4. The van der Waals surface area contributed by atoms with E-state index in [1.165, 1.54) is 0 Å². The van der Waals surface area contributed by atoms with Gasteiger partial charge in [-0.25, -0.2) is 4.98 Å². The zero-order chi connectivity index (χ0) is 22.0. The van der Waals surface area contributed by atoms with Crippen molar-refractivity contribution in [2.45, 2.75) is 32.0 Å². The van der Waals surface area contributed by atoms with Crippen LogP contribution in [-0.4, -0.2) is 47.3 Å². The zero-order valence-corrected chi connectivity index (χ0v) is 17.6. The molecule has 10 heteroatoms. The van der Waals surface area contributed by atoms with E-state index in [4.69, 9.17) is 26.3 Å². The predicted molar refractivity (Wildman–Crippen MR) is 110 cm³/mol. The molecule has 0 aliphatic carbocycles. The van der Waals surface area contributed by atoms with E-state index >= 15 is 0 Å². The first kappa shape index (κ1) is 21.3. The van der Waals surface area contributed by atoms with Crippen LogP contribution >= 0.6 is 11.6 Å². The number of nitrogens with zero attached hydrogens (tertiary/aromatic N) is 5. The topological polar surface area (TPSA) is 107 Å². The van der Waals surface area contributed by atoms with Crippen LogP contribution in [0.15, 0.2) is 12.1 Å². The number of hydrogen-bond donors (Lipinski definition) is 1. The molecule has 1 saturated heterocycles. The number of ether oxygens (including phenoxy) is 2. The number of anilines is 1. The Morgan fingerprint density at radius 2 is 2.16 bits per heavy atom. The average molecular weight is 443 g/mol. The lowest BCUT2D eigenvalue weighted by Crippen LogP contribution is -2.38. The van der Waals surface area contributed by atoms with E-state index in [1.54, 1.807) is 12.1 Å². The molecule has 8 nitrogen and oxygen atoms in total. The van der Waals surface area contributed by atoms with Crippen LogP contribution in [0.5, 0.6) is 5.88 Å². The molecule has 4 rings (SSSR count). The van der Waals surface area contributed by atoms with Crippen molar-refractivity contribution in [3.05, 3.63) is 45.5 Å². The smallest absolute Gasteiger partial charge is 0.220 e. The normalized spacial score (nSPS) is 17.1. The number of rotatable bonds is 6. The fourth-order valence-electron chi connectivity index (χ4n) is 3.79. The van der Waals surface area contributed by atoms with E-state index in [9.17, 15) is 9.65 Å². The van der Waals surface area contributed by atoms with Gasteiger partial charge < -0.3 is 14.8 Å². The molecular weight excluding hydrogens is 423 g/mol. The first-order chi connectivity index (χ1) is 15.0. The fraction of sp³-hybridized carbons (Fsp3) is 0.429. The number of nitrogens with one attached hydrogen (secondary N) is 1. The number of pyridine rings is 2. The Morgan fingerprint density at radius 1 is 1.35 bits per heavy atom. The molecule has 2 aliphatic rings. The minimum absolute atomic E-state index is 0.0588. The van der Waals surface area contributed by atoms with Crippen LogP contribution in [0.25, 0.3) is 0 Å². The molecule has 160 valence electrons. The van der Waals surface area contributed by atoms with Crippen LogP contribution in [0, 0.1) is 28.6 Å². The van der Waals surface area contributed by atoms with Crippen molar-refractivity contribution in [3.8, 4) is 18.0 Å². The Balaban J connectivity index is 1.58. The Morgan fingerprint density at radius 3 is 2.81 bits per heavy atom. The maximum atomic E-state index is 14.8. The Kier molecular flexibility index (Phi) is 6.19. The van der Waals surface area contributed by atoms with Crippen LogP contribution in [0.1, 0.15) is 35.2 Å². The second-order valence-corrected chi connectivity index (χ2v) is 7.77. The summed E-state index contributed by atoms with van der Waals surface area (Å²) in [6.07, 6.45) is 0.478. The van der Waals surface area contributed by atoms with Crippen molar-refractivity contribution < 1.29 is 13.9 Å². The van der Waals surface area contributed by atoms with Crippen LogP contribution in [0.3, 0.4) is 0 Å². The largest absolute Gasteiger partial charge is 0.469 e. The maximum Gasteiger partial charge on any atom is 0.220 e. The Hall–Kier alpha value is -2.98. The highest BCUT2D eigenvalue weighted by molar-refractivity contribution is 6.30. The molecule has 31 heavy (non-hydrogen) atoms. The summed E-state index contributed by atoms with van der Waals surface area (Å²) in [5.41, 5.74) is 2.42. The van der Waals surface area contributed by atoms with E-state index < -0.39 is 5.95 Å². The van der Waals surface area contributed by atoms with Gasteiger partial charge in [0.15, 0.2) is 0 Å². The molecule has 1 unspecified atom stereocenters. The van der Waals surface area contributed by atoms with Gasteiger partial charge in [0.2, 0.25) is 11.8 Å². The molecule has 0 spiro atoms. The summed E-state index contributed by atoms with van der Waals surface area (Å²) in [5.74, 6) is 0.138. The van der Waals surface area contributed by atoms with E-state index in [2.05, 4.69) is 26.3 Å². The van der Waals surface area contributed by atoms with Crippen molar-refractivity contribution in [1.29, 1.82) is 10.5 Å². The SMILES string of the molecule is CC(c1ccc(OC2COC2)nc1F)N1CCc2c(C#N)c(Cl)nc(NCC#N)c2C1. The second-order valence-electron chi connectivity index (χ2n) is 7.41. The molecule has 0 radical (unpaired) electrons. The molecule has 1 atom stereocenters. The minimum Gasteiger partial charge on any atom is -0.469 e. The van der Waals surface area contributed by atoms with Gasteiger partial charge >= 0.3 is 0 Å². The second kappa shape index (κ2) is 9.03. The number of fused-ring (bicyclic) bond motifs is 1. The van der Waals surface area contributed by atoms with Crippen LogP contribution in [0.4, 0.5) is 10.2 Å². The molecule has 2 aromatic rings. The molecule has 1 fully saturated rings. The summed E-state index contributed by atoms with van der Waals surface area (Å²) in [6, 6.07) is 7.22. The summed E-state index contributed by atoms with van der Waals surface area (Å²) in [6.45, 7) is 3.98. The Bertz CT molecular complexity index is 1080. The van der Waals surface area contributed by atoms with Crippen LogP contribution < -0.4 is 10.1 Å². The monoisotopic (exact) mass is 442 g/mol. The van der Waals surface area contributed by atoms with Crippen molar-refractivity contribution in [2.75, 3.05) is 31.6 Å². The third kappa shape index (κ3) is 4.26. The van der Waals surface area contributed by atoms with E-state index in [1.807, 2.05) is 13.0 Å². The summed E-state index contributed by atoms with van der Waals surface area (Å²) in [7, 11) is 0. The highest BCUT2D eigenvalue weighted by atomic mass is 35.5. The third-order valence-electron chi connectivity index (χ3n) is 5.57. The average Bonchev–Trinajstić information content (AvgIpc) is 2.74. The summed E-state index contributed by atoms with van der Waals surface area (Å²) in [5, 5.41) is 21.5. The van der Waals surface area contributed by atoms with Gasteiger partial charge in [-0.3, -0.25) is 4.90 Å². The van der Waals surface area contributed by atoms with Gasteiger partial charge in [0.25, 0.3) is 0 Å². The quantitative estimate of drug-likeness (QED) is 0.537. The van der Waals surface area contributed by atoms with Gasteiger partial charge in [-0.05, 0) is 25.0 Å². The summed E-state index contributed by atoms with van der Waals surface area (Å²) in [4.78, 5) is 10.3. The highest BCUT2D eigenvalue weighted by Crippen LogP contribution is 2.35. The third-order valence-corrected chi connectivity index (χ3v) is 5.84. The predicted octanol–water partition coefficient (Wildman–Crippen LogP) is 2.97. The van der Waals surface area contributed by atoms with Gasteiger partial charge in [-0.15, -0.1) is 0 Å². The molecule has 0 aromatic carbocycles. The van der Waals surface area contributed by atoms with Crippen LogP contribution in [-0.2, 0) is 17.7 Å². The van der Waals surface area contributed by atoms with E-state index in [0.717, 1.165) is 11.1 Å². The standard InChI is InChI=1S/C21H20ClFN6O2/c1-12(14-2-3-18(27-20(14)23)31-13-10-30-11-13)29-7-4-15-16(8-25)19(22)28-21(17(15)9-29)26-6-5-24/h2-3,12-13H,4,6-7,9-11H2,1H3,(H,26,28). The number of hydrogen-bond acceptors (Lipinski definition) is 8. The van der Waals surface area contributed by atoms with Gasteiger partial charge in [0.05, 0.1) is 24.8 Å². The van der Waals surface area contributed by atoms with Crippen molar-refractivity contribution >= 4 is 17.4 Å². The van der Waals surface area contributed by atoms with Crippen molar-refractivity contribution in [3.63, 3.8) is 0 Å². The number of nitriles is 2. The molecule has 0 amide bonds. The van der Waals surface area contributed by atoms with E-state index in [0.29, 0.717) is 49.7 Å². The first-order valence-corrected chi connectivity index (χ1v) is 10.3. The number of halogens is 2. The Labute approximate surface area is 184 Å². The number of aromatic nitrogens is 2. The van der Waals surface area contributed by atoms with Gasteiger partial charge in [0, 0.05) is 36.3 Å². The molecule has 2 aromatic heterocycles. The lowest BCUT2D eigenvalue weighted by Gasteiger charge is -2.35. The van der Waals surface area contributed by atoms with E-state index in [-0.39, 0.29) is 29.7 Å². The molecule has 0 bridgehead atoms. The lowest BCUT2D eigenvalue weighted by atomic mass is 9.94. The van der Waals surface area contributed by atoms with Crippen molar-refractivity contribution in [1.82, 2.24) is 14.9 Å². The van der Waals surface area contributed by atoms with Gasteiger partial charge in [0.1, 0.15) is 29.7 Å². The molecule has 0 saturated carbocycles. The molecule has 1 N–H and O–H groups in total. The maximum absolute atomic E-state index is 14.8. The van der Waals surface area contributed by atoms with Gasteiger partial charge in [-0.1, -0.05) is 11.6 Å². The lowest BCUT2D eigenvalue weighted by molar-refractivity contribution is -0.0815. The van der Waals surface area contributed by atoms with Crippen LogP contribution in [0.2, 0.25) is 5.15 Å². The first-order valence-electron chi connectivity index (χ1n) is 9.88. The van der Waals surface area contributed by atoms with Gasteiger partial charge in [-0.2, -0.15) is 19.9 Å². The molecule has 4 heterocycles. The molecular formula is C21H20ClFN6O2. The fourth-order valence-corrected chi connectivity index (χ4v) is 4.03. The highest BCUT2D eigenvalue weighted by Gasteiger charge is 2.29.